The number of benzene rings is 9. The molecule has 13 aromatic rings. The monoisotopic (exact) mass is 825 g/mol. The lowest BCUT2D eigenvalue weighted by molar-refractivity contribution is 1.07. The lowest BCUT2D eigenvalue weighted by Crippen LogP contribution is -2.02. The van der Waals surface area contributed by atoms with E-state index in [1.807, 2.05) is 89.5 Å². The number of hydrogen-bond donors (Lipinski definition) is 0. The minimum absolute atomic E-state index is 0.000937. The summed E-state index contributed by atoms with van der Waals surface area (Å²) < 4.78 is 44.7. The topological polar surface area (TPSA) is 48.5 Å². The first-order chi connectivity index (χ1) is 32.9. The van der Waals surface area contributed by atoms with Crippen LogP contribution >= 0.6 is 11.3 Å². The van der Waals surface area contributed by atoms with Crippen LogP contribution in [0, 0.1) is 0 Å². The molecule has 0 fully saturated rings. The van der Waals surface area contributed by atoms with Crippen molar-refractivity contribution in [1.29, 1.82) is 0 Å². The molecule has 0 aliphatic carbocycles. The van der Waals surface area contributed by atoms with E-state index in [9.17, 15) is 5.48 Å². The fourth-order valence-corrected chi connectivity index (χ4v) is 10.4. The minimum atomic E-state index is -0.242. The highest BCUT2D eigenvalue weighted by Crippen LogP contribution is 2.44. The summed E-state index contributed by atoms with van der Waals surface area (Å²) in [6, 6.07) is 62.8. The Hall–Kier alpha value is -8.19. The van der Waals surface area contributed by atoms with Crippen molar-refractivity contribution in [2.24, 2.45) is 0 Å². The first kappa shape index (κ1) is 31.7. The largest absolute Gasteiger partial charge is 0.309 e. The van der Waals surface area contributed by atoms with Gasteiger partial charge in [-0.15, -0.1) is 11.3 Å². The van der Waals surface area contributed by atoms with Gasteiger partial charge in [0.05, 0.1) is 27.5 Å². The molecule has 0 saturated heterocycles. The third-order valence-corrected chi connectivity index (χ3v) is 13.3. The molecule has 0 atom stereocenters. The van der Waals surface area contributed by atoms with Gasteiger partial charge in [-0.25, -0.2) is 15.0 Å². The van der Waals surface area contributed by atoms with Gasteiger partial charge in [-0.1, -0.05) is 140 Å². The van der Waals surface area contributed by atoms with Crippen molar-refractivity contribution < 1.29 is 5.48 Å². The van der Waals surface area contributed by atoms with E-state index in [0.717, 1.165) is 91.7 Å². The van der Waals surface area contributed by atoms with Gasteiger partial charge in [-0.05, 0) is 83.8 Å². The Bertz CT molecular complexity index is 4020. The summed E-state index contributed by atoms with van der Waals surface area (Å²) in [7, 11) is 0. The van der Waals surface area contributed by atoms with Gasteiger partial charge in [0.2, 0.25) is 0 Å². The van der Waals surface area contributed by atoms with E-state index < -0.39 is 0 Å². The molecule has 0 radical (unpaired) electrons. The number of rotatable bonds is 6. The average Bonchev–Trinajstić information content (AvgIpc) is 4.04. The molecular formula is C57H35N5S. The maximum Gasteiger partial charge on any atom is 0.165 e. The second-order valence-corrected chi connectivity index (χ2v) is 16.7. The van der Waals surface area contributed by atoms with Crippen molar-refractivity contribution in [2.75, 3.05) is 0 Å². The molecule has 0 aliphatic rings. The van der Waals surface area contributed by atoms with Crippen LogP contribution in [0.2, 0.25) is 0 Å². The predicted molar refractivity (Wildman–Crippen MR) is 263 cm³/mol. The number of thiophene rings is 1. The van der Waals surface area contributed by atoms with Crippen LogP contribution in [0.15, 0.2) is 212 Å². The summed E-state index contributed by atoms with van der Waals surface area (Å²) in [5, 5.41) is 6.34. The summed E-state index contributed by atoms with van der Waals surface area (Å²) in [6.07, 6.45) is 0. The van der Waals surface area contributed by atoms with Crippen molar-refractivity contribution in [3.63, 3.8) is 0 Å². The third kappa shape index (κ3) is 5.73. The fourth-order valence-electron chi connectivity index (χ4n) is 9.19. The first-order valence-corrected chi connectivity index (χ1v) is 21.7. The molecule has 0 bridgehead atoms. The van der Waals surface area contributed by atoms with Gasteiger partial charge < -0.3 is 9.13 Å². The molecule has 0 unspecified atom stereocenters. The third-order valence-electron chi connectivity index (χ3n) is 12.0. The van der Waals surface area contributed by atoms with Gasteiger partial charge in [0.25, 0.3) is 0 Å². The van der Waals surface area contributed by atoms with Gasteiger partial charge >= 0.3 is 0 Å². The van der Waals surface area contributed by atoms with Crippen molar-refractivity contribution in [2.45, 2.75) is 0 Å². The highest BCUT2D eigenvalue weighted by molar-refractivity contribution is 7.26. The lowest BCUT2D eigenvalue weighted by Gasteiger charge is -2.13. The first-order valence-electron chi connectivity index (χ1n) is 22.9. The molecule has 9 aromatic carbocycles. The summed E-state index contributed by atoms with van der Waals surface area (Å²) in [5.41, 5.74) is 8.51. The van der Waals surface area contributed by atoms with E-state index in [2.05, 4.69) is 108 Å². The quantitative estimate of drug-likeness (QED) is 0.168. The van der Waals surface area contributed by atoms with Gasteiger partial charge in [0, 0.05) is 69.8 Å². The molecular weight excluding hydrogens is 787 g/mol. The van der Waals surface area contributed by atoms with E-state index in [-0.39, 0.29) is 41.2 Å². The highest BCUT2D eigenvalue weighted by Gasteiger charge is 2.21. The summed E-state index contributed by atoms with van der Waals surface area (Å²) in [4.78, 5) is 15.4. The van der Waals surface area contributed by atoms with Crippen molar-refractivity contribution in [1.82, 2.24) is 24.1 Å². The van der Waals surface area contributed by atoms with E-state index in [1.165, 1.54) is 0 Å². The number of para-hydroxylation sites is 4. The summed E-state index contributed by atoms with van der Waals surface area (Å²) in [6.45, 7) is 0. The number of hydrogen-bond acceptors (Lipinski definition) is 4. The van der Waals surface area contributed by atoms with Gasteiger partial charge in [-0.2, -0.15) is 0 Å². The molecule has 4 aromatic heterocycles. The van der Waals surface area contributed by atoms with E-state index in [4.69, 9.17) is 15.0 Å². The standard InChI is InChI=1S/C57H35N5S/c1-3-15-36(16-4-1)39-29-32-53-46(33-39)47-34-41(62-51-25-13-9-21-44(51)45-22-10-14-26-52(45)62)35-48(54(47)63-53)57-59-55(37-17-5-2-6-18-37)58-56(60-57)38-27-30-40(31-28-38)61-49-23-11-7-19-42(49)43-20-8-12-24-50(43)61/h1-35H/i27D,28D,30D,31D. The van der Waals surface area contributed by atoms with Crippen LogP contribution in [0.3, 0.4) is 0 Å². The molecule has 0 saturated carbocycles. The van der Waals surface area contributed by atoms with Crippen molar-refractivity contribution in [3.05, 3.63) is 212 Å². The maximum absolute atomic E-state index is 9.65. The molecule has 63 heavy (non-hydrogen) atoms. The Morgan fingerprint density at radius 2 is 0.825 bits per heavy atom. The van der Waals surface area contributed by atoms with Gasteiger partial charge in [0.1, 0.15) is 0 Å². The fraction of sp³-hybridized carbons (Fsp3) is 0. The highest BCUT2D eigenvalue weighted by atomic mass is 32.1. The number of fused-ring (bicyclic) bond motifs is 9. The zero-order chi connectivity index (χ0) is 44.9. The molecule has 294 valence electrons. The maximum atomic E-state index is 9.65. The normalized spacial score (nSPS) is 12.7. The summed E-state index contributed by atoms with van der Waals surface area (Å²) in [5.74, 6) is 0.763. The van der Waals surface area contributed by atoms with E-state index in [0.29, 0.717) is 11.6 Å². The molecule has 4 heterocycles. The van der Waals surface area contributed by atoms with Crippen LogP contribution in [0.4, 0.5) is 0 Å². The van der Waals surface area contributed by atoms with E-state index in [1.54, 1.807) is 11.3 Å². The van der Waals surface area contributed by atoms with Crippen LogP contribution in [0.1, 0.15) is 5.48 Å². The molecule has 13 rings (SSSR count). The Morgan fingerprint density at radius 3 is 1.40 bits per heavy atom. The lowest BCUT2D eigenvalue weighted by atomic mass is 10.0. The predicted octanol–water partition coefficient (Wildman–Crippen LogP) is 15.1. The molecule has 0 spiro atoms. The molecule has 0 aliphatic heterocycles. The van der Waals surface area contributed by atoms with Crippen LogP contribution < -0.4 is 0 Å². The van der Waals surface area contributed by atoms with Gasteiger partial charge in [-0.3, -0.25) is 0 Å². The second kappa shape index (κ2) is 14.2. The Morgan fingerprint density at radius 1 is 0.349 bits per heavy atom. The molecule has 0 N–H and O–H groups in total. The summed E-state index contributed by atoms with van der Waals surface area (Å²) >= 11 is 1.67. The van der Waals surface area contributed by atoms with Crippen LogP contribution in [0.25, 0.3) is 120 Å². The smallest absolute Gasteiger partial charge is 0.165 e. The van der Waals surface area contributed by atoms with Crippen LogP contribution in [0.5, 0.6) is 0 Å². The zero-order valence-corrected chi connectivity index (χ0v) is 34.4. The average molecular weight is 826 g/mol. The van der Waals surface area contributed by atoms with Crippen LogP contribution in [-0.4, -0.2) is 24.1 Å². The number of aromatic nitrogens is 5. The Balaban J connectivity index is 1.10. The minimum Gasteiger partial charge on any atom is -0.309 e. The Kier molecular flexibility index (Phi) is 7.13. The Labute approximate surface area is 372 Å². The molecule has 6 heteroatoms. The van der Waals surface area contributed by atoms with Crippen LogP contribution in [-0.2, 0) is 0 Å². The van der Waals surface area contributed by atoms with Crippen molar-refractivity contribution in [3.8, 4) is 56.7 Å². The molecule has 0 amide bonds. The second-order valence-electron chi connectivity index (χ2n) is 15.7. The number of nitrogens with zero attached hydrogens (tertiary/aromatic N) is 5. The zero-order valence-electron chi connectivity index (χ0n) is 37.5. The van der Waals surface area contributed by atoms with Gasteiger partial charge in [0.15, 0.2) is 17.5 Å². The SMILES string of the molecule is [2H]c1c([2H])c(-n2c3ccccc3c3ccccc32)c([2H])c([2H])c1-c1nc(-c2ccccc2)nc(-c2cc(-n3c4ccccc4c4ccccc43)cc3c2sc2ccc(-c4ccccc4)cc23)n1. The van der Waals surface area contributed by atoms with Crippen molar-refractivity contribution >= 4 is 75.1 Å². The van der Waals surface area contributed by atoms with E-state index >= 15 is 0 Å². The molecule has 5 nitrogen and oxygen atoms in total.